The monoisotopic (exact) mass is 461 g/mol. The third kappa shape index (κ3) is 4.93. The number of rotatable bonds is 7. The predicted octanol–water partition coefficient (Wildman–Crippen LogP) is 2.58. The van der Waals surface area contributed by atoms with Gasteiger partial charge in [0.05, 0.1) is 24.7 Å². The fourth-order valence-electron chi connectivity index (χ4n) is 3.28. The van der Waals surface area contributed by atoms with Crippen LogP contribution in [0.2, 0.25) is 0 Å². The molecule has 3 aromatic heterocycles. The Balaban J connectivity index is 1.45. The van der Waals surface area contributed by atoms with Crippen molar-refractivity contribution in [2.45, 2.75) is 20.8 Å². The summed E-state index contributed by atoms with van der Waals surface area (Å²) in [6, 6.07) is 12.7. The quantitative estimate of drug-likeness (QED) is 0.416. The molecule has 0 spiro atoms. The van der Waals surface area contributed by atoms with Gasteiger partial charge in [-0.15, -0.1) is 0 Å². The van der Waals surface area contributed by atoms with Crippen LogP contribution in [0, 0.1) is 20.8 Å². The highest BCUT2D eigenvalue weighted by Gasteiger charge is 2.21. The first-order valence-corrected chi connectivity index (χ1v) is 10.4. The van der Waals surface area contributed by atoms with Crippen molar-refractivity contribution in [3.05, 3.63) is 71.4 Å². The molecule has 0 aliphatic carbocycles. The molecule has 0 aliphatic heterocycles. The maximum absolute atomic E-state index is 12.6. The molecule has 0 bridgehead atoms. The number of methoxy groups -OCH3 is 1. The van der Waals surface area contributed by atoms with Gasteiger partial charge in [-0.25, -0.2) is 19.4 Å². The number of aromatic nitrogens is 6. The molecular formula is C23H23N7O4. The number of nitrogens with one attached hydrogen (secondary N) is 1. The van der Waals surface area contributed by atoms with Gasteiger partial charge in [-0.2, -0.15) is 14.9 Å². The van der Waals surface area contributed by atoms with Crippen LogP contribution in [0.5, 0.6) is 5.75 Å². The van der Waals surface area contributed by atoms with E-state index in [0.717, 1.165) is 17.1 Å². The summed E-state index contributed by atoms with van der Waals surface area (Å²) < 4.78 is 13.4. The largest absolute Gasteiger partial charge is 0.493 e. The Morgan fingerprint density at radius 1 is 0.971 bits per heavy atom. The van der Waals surface area contributed by atoms with E-state index >= 15 is 0 Å². The van der Waals surface area contributed by atoms with Crippen molar-refractivity contribution in [1.82, 2.24) is 29.5 Å². The molecule has 0 radical (unpaired) electrons. The van der Waals surface area contributed by atoms with Crippen LogP contribution in [0.3, 0.4) is 0 Å². The van der Waals surface area contributed by atoms with Crippen LogP contribution in [-0.4, -0.2) is 55.1 Å². The molecule has 0 saturated carbocycles. The summed E-state index contributed by atoms with van der Waals surface area (Å²) in [6.07, 6.45) is 1.57. The van der Waals surface area contributed by atoms with Crippen molar-refractivity contribution in [2.24, 2.45) is 0 Å². The molecule has 1 amide bonds. The highest BCUT2D eigenvalue weighted by molar-refractivity contribution is 5.95. The van der Waals surface area contributed by atoms with Crippen LogP contribution >= 0.6 is 0 Å². The van der Waals surface area contributed by atoms with Gasteiger partial charge in [-0.1, -0.05) is 18.2 Å². The predicted molar refractivity (Wildman–Crippen MR) is 122 cm³/mol. The van der Waals surface area contributed by atoms with Crippen molar-refractivity contribution in [1.29, 1.82) is 0 Å². The lowest BCUT2D eigenvalue weighted by atomic mass is 10.3. The Labute approximate surface area is 195 Å². The van der Waals surface area contributed by atoms with Crippen LogP contribution in [0.15, 0.2) is 48.7 Å². The van der Waals surface area contributed by atoms with Crippen LogP contribution < -0.4 is 10.1 Å². The summed E-state index contributed by atoms with van der Waals surface area (Å²) in [5.74, 6) is -0.428. The molecule has 0 unspecified atom stereocenters. The molecule has 0 fully saturated rings. The minimum Gasteiger partial charge on any atom is -0.493 e. The zero-order valence-electron chi connectivity index (χ0n) is 19.1. The van der Waals surface area contributed by atoms with Gasteiger partial charge in [0.1, 0.15) is 5.82 Å². The molecule has 174 valence electrons. The highest BCUT2D eigenvalue weighted by Crippen LogP contribution is 2.20. The Bertz CT molecular complexity index is 1320. The van der Waals surface area contributed by atoms with Gasteiger partial charge in [0.15, 0.2) is 12.4 Å². The molecule has 3 heterocycles. The average molecular weight is 461 g/mol. The molecule has 4 aromatic rings. The summed E-state index contributed by atoms with van der Waals surface area (Å²) in [7, 11) is 1.43. The number of nitrogens with zero attached hydrogens (tertiary/aromatic N) is 6. The fourth-order valence-corrected chi connectivity index (χ4v) is 3.28. The van der Waals surface area contributed by atoms with E-state index in [4.69, 9.17) is 9.47 Å². The van der Waals surface area contributed by atoms with Crippen LogP contribution in [0.25, 0.3) is 11.6 Å². The molecule has 11 nitrogen and oxygen atoms in total. The summed E-state index contributed by atoms with van der Waals surface area (Å²) in [5.41, 5.74) is 2.90. The van der Waals surface area contributed by atoms with E-state index in [0.29, 0.717) is 17.5 Å². The van der Waals surface area contributed by atoms with E-state index in [1.165, 1.54) is 16.5 Å². The lowest BCUT2D eigenvalue weighted by Crippen LogP contribution is -2.23. The first kappa shape index (κ1) is 22.6. The molecule has 0 saturated heterocycles. The van der Waals surface area contributed by atoms with Gasteiger partial charge in [-0.05, 0) is 39.0 Å². The van der Waals surface area contributed by atoms with Crippen LogP contribution in [0.1, 0.15) is 27.6 Å². The minimum absolute atomic E-state index is 0.0383. The second-order valence-corrected chi connectivity index (χ2v) is 7.48. The zero-order chi connectivity index (χ0) is 24.2. The Hall–Kier alpha value is -4.54. The number of benzene rings is 1. The van der Waals surface area contributed by atoms with Crippen molar-refractivity contribution in [3.8, 4) is 17.4 Å². The number of para-hydroxylation sites is 1. The Morgan fingerprint density at radius 3 is 2.35 bits per heavy atom. The van der Waals surface area contributed by atoms with E-state index in [1.54, 1.807) is 19.2 Å². The number of aryl methyl sites for hydroxylation is 3. The van der Waals surface area contributed by atoms with E-state index in [2.05, 4.69) is 25.5 Å². The Morgan fingerprint density at radius 2 is 1.68 bits per heavy atom. The van der Waals surface area contributed by atoms with Gasteiger partial charge >= 0.3 is 5.97 Å². The van der Waals surface area contributed by atoms with Gasteiger partial charge in [0.25, 0.3) is 11.9 Å². The zero-order valence-corrected chi connectivity index (χ0v) is 19.1. The molecular weight excluding hydrogens is 438 g/mol. The maximum atomic E-state index is 12.6. The molecule has 11 heteroatoms. The third-order valence-corrected chi connectivity index (χ3v) is 4.71. The summed E-state index contributed by atoms with van der Waals surface area (Å²) >= 11 is 0. The van der Waals surface area contributed by atoms with Crippen molar-refractivity contribution >= 4 is 17.7 Å². The Kier molecular flexibility index (Phi) is 6.35. The first-order valence-electron chi connectivity index (χ1n) is 10.4. The van der Waals surface area contributed by atoms with Crippen LogP contribution in [-0.2, 0) is 9.53 Å². The summed E-state index contributed by atoms with van der Waals surface area (Å²) in [5, 5.41) is 11.3. The molecule has 0 aliphatic rings. The normalized spacial score (nSPS) is 10.7. The molecule has 34 heavy (non-hydrogen) atoms. The lowest BCUT2D eigenvalue weighted by Gasteiger charge is -2.09. The number of hydrogen-bond acceptors (Lipinski definition) is 8. The van der Waals surface area contributed by atoms with Gasteiger partial charge in [-0.3, -0.25) is 4.79 Å². The molecule has 4 rings (SSSR count). The summed E-state index contributed by atoms with van der Waals surface area (Å²) in [4.78, 5) is 33.9. The van der Waals surface area contributed by atoms with Crippen molar-refractivity contribution in [3.63, 3.8) is 0 Å². The van der Waals surface area contributed by atoms with Gasteiger partial charge in [0.2, 0.25) is 5.69 Å². The second-order valence-electron chi connectivity index (χ2n) is 7.48. The first-order chi connectivity index (χ1) is 16.3. The summed E-state index contributed by atoms with van der Waals surface area (Å²) in [6.45, 7) is 4.95. The highest BCUT2D eigenvalue weighted by atomic mass is 16.5. The molecule has 1 aromatic carbocycles. The van der Waals surface area contributed by atoms with E-state index in [-0.39, 0.29) is 11.4 Å². The van der Waals surface area contributed by atoms with Gasteiger partial charge in [0, 0.05) is 17.5 Å². The van der Waals surface area contributed by atoms with Crippen LogP contribution in [0.4, 0.5) is 5.82 Å². The standard InChI is InChI=1S/C23H23N7O4/c1-14-10-15(2)25-23(24-14)30-19(11-16(3)27-30)26-20(31)13-34-22(32)21-18(33-4)12-29(28-21)17-8-6-5-7-9-17/h5-12H,13H2,1-4H3,(H,26,31). The number of esters is 1. The van der Waals surface area contributed by atoms with Crippen molar-refractivity contribution < 1.29 is 19.1 Å². The number of ether oxygens (including phenoxy) is 2. The number of carbonyl (C=O) groups is 2. The smallest absolute Gasteiger partial charge is 0.363 e. The van der Waals surface area contributed by atoms with E-state index < -0.39 is 18.5 Å². The van der Waals surface area contributed by atoms with E-state index in [1.807, 2.05) is 50.2 Å². The average Bonchev–Trinajstić information content (AvgIpc) is 3.41. The number of anilines is 1. The number of hydrogen-bond donors (Lipinski definition) is 1. The third-order valence-electron chi connectivity index (χ3n) is 4.71. The number of amides is 1. The van der Waals surface area contributed by atoms with E-state index in [9.17, 15) is 9.59 Å². The van der Waals surface area contributed by atoms with Gasteiger partial charge < -0.3 is 14.8 Å². The lowest BCUT2D eigenvalue weighted by molar-refractivity contribution is -0.119. The molecule has 1 N–H and O–H groups in total. The fraction of sp³-hybridized carbons (Fsp3) is 0.217. The van der Waals surface area contributed by atoms with Crippen molar-refractivity contribution in [2.75, 3.05) is 19.0 Å². The second kappa shape index (κ2) is 9.53. The maximum Gasteiger partial charge on any atom is 0.363 e. The SMILES string of the molecule is COc1cn(-c2ccccc2)nc1C(=O)OCC(=O)Nc1cc(C)nn1-c1nc(C)cc(C)n1. The topological polar surface area (TPSA) is 126 Å². The number of carbonyl (C=O) groups excluding carboxylic acids is 2. The molecule has 0 atom stereocenters. The minimum atomic E-state index is -0.788.